The van der Waals surface area contributed by atoms with Gasteiger partial charge in [-0.1, -0.05) is 28.1 Å². The van der Waals surface area contributed by atoms with Gasteiger partial charge >= 0.3 is 11.9 Å². The molecule has 0 spiro atoms. The van der Waals surface area contributed by atoms with Crippen molar-refractivity contribution in [3.8, 4) is 0 Å². The summed E-state index contributed by atoms with van der Waals surface area (Å²) in [7, 11) is 0. The number of carbonyl (C=O) groups excluding carboxylic acids is 2. The van der Waals surface area contributed by atoms with E-state index in [0.717, 1.165) is 10.0 Å². The van der Waals surface area contributed by atoms with Gasteiger partial charge in [0.05, 0.1) is 13.0 Å². The molecule has 22 heavy (non-hydrogen) atoms. The maximum atomic E-state index is 11.7. The molecule has 1 aromatic carbocycles. The van der Waals surface area contributed by atoms with Crippen molar-refractivity contribution < 1.29 is 24.2 Å². The predicted octanol–water partition coefficient (Wildman–Crippen LogP) is 1.90. The van der Waals surface area contributed by atoms with Crippen LogP contribution in [0.15, 0.2) is 28.7 Å². The van der Waals surface area contributed by atoms with E-state index in [-0.39, 0.29) is 25.9 Å². The molecule has 0 unspecified atom stereocenters. The Morgan fingerprint density at radius 1 is 1.32 bits per heavy atom. The molecule has 0 saturated carbocycles. The van der Waals surface area contributed by atoms with Crippen LogP contribution in [0.2, 0.25) is 0 Å². The van der Waals surface area contributed by atoms with Crippen molar-refractivity contribution in [2.24, 2.45) is 0 Å². The molecule has 0 aliphatic carbocycles. The third kappa shape index (κ3) is 6.71. The molecule has 0 bridgehead atoms. The van der Waals surface area contributed by atoms with E-state index in [2.05, 4.69) is 21.2 Å². The van der Waals surface area contributed by atoms with Crippen LogP contribution in [0.5, 0.6) is 0 Å². The molecule has 1 rings (SSSR count). The Morgan fingerprint density at radius 3 is 2.64 bits per heavy atom. The Hall–Kier alpha value is -1.89. The minimum Gasteiger partial charge on any atom is -0.480 e. The average Bonchev–Trinajstić information content (AvgIpc) is 2.45. The van der Waals surface area contributed by atoms with Gasteiger partial charge in [-0.05, 0) is 24.6 Å². The Bertz CT molecular complexity index is 546. The van der Waals surface area contributed by atoms with E-state index in [9.17, 15) is 19.5 Å². The second-order valence-corrected chi connectivity index (χ2v) is 5.51. The molecule has 0 radical (unpaired) electrons. The van der Waals surface area contributed by atoms with Crippen LogP contribution >= 0.6 is 15.9 Å². The van der Waals surface area contributed by atoms with Crippen molar-refractivity contribution in [3.63, 3.8) is 0 Å². The number of halogens is 1. The van der Waals surface area contributed by atoms with Crippen LogP contribution in [0.25, 0.3) is 0 Å². The molecule has 1 amide bonds. The van der Waals surface area contributed by atoms with Crippen molar-refractivity contribution >= 4 is 33.8 Å². The molecular weight excluding hydrogens is 354 g/mol. The summed E-state index contributed by atoms with van der Waals surface area (Å²) < 4.78 is 5.55. The van der Waals surface area contributed by atoms with Crippen LogP contribution in [-0.2, 0) is 25.5 Å². The lowest BCUT2D eigenvalue weighted by Crippen LogP contribution is -2.42. The first-order valence-corrected chi connectivity index (χ1v) is 7.64. The van der Waals surface area contributed by atoms with Gasteiger partial charge in [0.15, 0.2) is 0 Å². The van der Waals surface area contributed by atoms with Gasteiger partial charge in [0.2, 0.25) is 5.91 Å². The zero-order valence-corrected chi connectivity index (χ0v) is 13.8. The Balaban J connectivity index is 2.55. The fraction of sp³-hybridized carbons (Fsp3) is 0.400. The summed E-state index contributed by atoms with van der Waals surface area (Å²) in [6, 6.07) is 6.16. The number of hydrogen-bond acceptors (Lipinski definition) is 4. The summed E-state index contributed by atoms with van der Waals surface area (Å²) in [5.41, 5.74) is 0.785. The zero-order valence-electron chi connectivity index (χ0n) is 12.2. The van der Waals surface area contributed by atoms with Crippen molar-refractivity contribution in [3.05, 3.63) is 34.3 Å². The minimum atomic E-state index is -1.12. The van der Waals surface area contributed by atoms with Gasteiger partial charge in [0.1, 0.15) is 6.04 Å². The van der Waals surface area contributed by atoms with Crippen LogP contribution in [0.3, 0.4) is 0 Å². The van der Waals surface area contributed by atoms with Crippen LogP contribution in [0.4, 0.5) is 0 Å². The zero-order chi connectivity index (χ0) is 16.5. The van der Waals surface area contributed by atoms with Crippen molar-refractivity contribution in [1.29, 1.82) is 0 Å². The van der Waals surface area contributed by atoms with E-state index in [1.807, 2.05) is 6.07 Å². The number of nitrogens with one attached hydrogen (secondary N) is 1. The minimum absolute atomic E-state index is 0.0666. The number of benzene rings is 1. The normalized spacial score (nSPS) is 11.5. The smallest absolute Gasteiger partial charge is 0.326 e. The largest absolute Gasteiger partial charge is 0.480 e. The van der Waals surface area contributed by atoms with E-state index in [1.54, 1.807) is 25.1 Å². The van der Waals surface area contributed by atoms with Gasteiger partial charge in [-0.3, -0.25) is 9.59 Å². The summed E-state index contributed by atoms with van der Waals surface area (Å²) in [5.74, 6) is -2.09. The second kappa shape index (κ2) is 9.19. The highest BCUT2D eigenvalue weighted by molar-refractivity contribution is 9.10. The lowest BCUT2D eigenvalue weighted by atomic mass is 10.1. The predicted molar refractivity (Wildman–Crippen MR) is 83.3 cm³/mol. The van der Waals surface area contributed by atoms with Crippen LogP contribution in [0.1, 0.15) is 25.3 Å². The van der Waals surface area contributed by atoms with Gasteiger partial charge in [0, 0.05) is 17.3 Å². The highest BCUT2D eigenvalue weighted by Gasteiger charge is 2.21. The number of ether oxygens (including phenoxy) is 1. The third-order valence-corrected chi connectivity index (χ3v) is 3.32. The molecule has 0 heterocycles. The molecule has 0 fully saturated rings. The summed E-state index contributed by atoms with van der Waals surface area (Å²) in [4.78, 5) is 34.2. The molecule has 7 heteroatoms. The summed E-state index contributed by atoms with van der Waals surface area (Å²) in [6.07, 6.45) is 0.00388. The molecule has 0 saturated heterocycles. The molecular formula is C15H18BrNO5. The van der Waals surface area contributed by atoms with Gasteiger partial charge in [-0.25, -0.2) is 4.79 Å². The lowest BCUT2D eigenvalue weighted by molar-refractivity contribution is -0.144. The Morgan fingerprint density at radius 2 is 2.05 bits per heavy atom. The number of carbonyl (C=O) groups is 3. The molecule has 1 aromatic rings. The maximum Gasteiger partial charge on any atom is 0.326 e. The Kier molecular flexibility index (Phi) is 7.59. The Labute approximate surface area is 137 Å². The molecule has 6 nitrogen and oxygen atoms in total. The fourth-order valence-corrected chi connectivity index (χ4v) is 2.26. The van der Waals surface area contributed by atoms with Crippen molar-refractivity contribution in [2.45, 2.75) is 32.2 Å². The molecule has 2 N–H and O–H groups in total. The van der Waals surface area contributed by atoms with Gasteiger partial charge < -0.3 is 15.2 Å². The summed E-state index contributed by atoms with van der Waals surface area (Å²) in [5, 5.41) is 11.6. The molecule has 1 atom stereocenters. The molecule has 0 aliphatic rings. The number of carboxylic acids is 1. The van der Waals surface area contributed by atoms with E-state index in [0.29, 0.717) is 0 Å². The highest BCUT2D eigenvalue weighted by Crippen LogP contribution is 2.13. The second-order valence-electron chi connectivity index (χ2n) is 4.60. The fourth-order valence-electron chi connectivity index (χ4n) is 1.81. The van der Waals surface area contributed by atoms with Gasteiger partial charge in [-0.15, -0.1) is 0 Å². The first kappa shape index (κ1) is 18.2. The number of amides is 1. The van der Waals surface area contributed by atoms with Crippen molar-refractivity contribution in [1.82, 2.24) is 5.32 Å². The number of carboxylic acid groups (broad SMARTS) is 1. The van der Waals surface area contributed by atoms with Crippen LogP contribution in [0, 0.1) is 0 Å². The van der Waals surface area contributed by atoms with Crippen LogP contribution < -0.4 is 5.32 Å². The first-order chi connectivity index (χ1) is 10.4. The van der Waals surface area contributed by atoms with Gasteiger partial charge in [-0.2, -0.15) is 0 Å². The molecule has 0 aliphatic heterocycles. The monoisotopic (exact) mass is 371 g/mol. The molecule has 0 aromatic heterocycles. The number of esters is 1. The van der Waals surface area contributed by atoms with Crippen molar-refractivity contribution in [2.75, 3.05) is 6.61 Å². The SMILES string of the molecule is CCOC(=O)CCC(=O)N[C@H](Cc1cccc(Br)c1)C(=O)O. The quantitative estimate of drug-likeness (QED) is 0.680. The van der Waals surface area contributed by atoms with E-state index >= 15 is 0 Å². The lowest BCUT2D eigenvalue weighted by Gasteiger charge is -2.14. The number of rotatable bonds is 8. The maximum absolute atomic E-state index is 11.7. The van der Waals surface area contributed by atoms with E-state index in [4.69, 9.17) is 4.74 Å². The summed E-state index contributed by atoms with van der Waals surface area (Å²) >= 11 is 3.31. The molecule has 120 valence electrons. The first-order valence-electron chi connectivity index (χ1n) is 6.84. The third-order valence-electron chi connectivity index (χ3n) is 2.82. The summed E-state index contributed by atoms with van der Waals surface area (Å²) in [6.45, 7) is 1.93. The van der Waals surface area contributed by atoms with E-state index in [1.165, 1.54) is 0 Å². The van der Waals surface area contributed by atoms with Gasteiger partial charge in [0.25, 0.3) is 0 Å². The van der Waals surface area contributed by atoms with E-state index < -0.39 is 23.9 Å². The van der Waals surface area contributed by atoms with Crippen LogP contribution in [-0.4, -0.2) is 35.6 Å². The number of aliphatic carboxylic acids is 1. The number of hydrogen-bond donors (Lipinski definition) is 2. The highest BCUT2D eigenvalue weighted by atomic mass is 79.9. The topological polar surface area (TPSA) is 92.7 Å². The standard InChI is InChI=1S/C15H18BrNO5/c1-2-22-14(19)7-6-13(18)17-12(15(20)21)9-10-4-3-5-11(16)8-10/h3-5,8,12H,2,6-7,9H2,1H3,(H,17,18)(H,20,21)/t12-/m1/s1. The average molecular weight is 372 g/mol.